The van der Waals surface area contributed by atoms with Gasteiger partial charge in [0.15, 0.2) is 0 Å². The van der Waals surface area contributed by atoms with Gasteiger partial charge in [0.2, 0.25) is 5.91 Å². The van der Waals surface area contributed by atoms with E-state index in [2.05, 4.69) is 37.2 Å². The number of rotatable bonds is 3. The van der Waals surface area contributed by atoms with Crippen LogP contribution < -0.4 is 10.2 Å². The van der Waals surface area contributed by atoms with Crippen molar-refractivity contribution in [2.24, 2.45) is 5.92 Å². The number of aromatic nitrogens is 1. The van der Waals surface area contributed by atoms with Crippen LogP contribution in [0.1, 0.15) is 18.4 Å². The van der Waals surface area contributed by atoms with Gasteiger partial charge >= 0.3 is 0 Å². The minimum Gasteiger partial charge on any atom is -0.370 e. The SMILES string of the molecule is N#Cc1cc(Cl)ccc1N1CCC(C(=O)Nc2ccc(Br)cn2)CC1. The largest absolute Gasteiger partial charge is 0.370 e. The van der Waals surface area contributed by atoms with Crippen molar-refractivity contribution in [2.45, 2.75) is 12.8 Å². The zero-order valence-electron chi connectivity index (χ0n) is 13.4. The van der Waals surface area contributed by atoms with Crippen LogP contribution in [0.3, 0.4) is 0 Å². The van der Waals surface area contributed by atoms with Crippen LogP contribution in [0.25, 0.3) is 0 Å². The van der Waals surface area contributed by atoms with E-state index >= 15 is 0 Å². The fraction of sp³-hybridized carbons (Fsp3) is 0.278. The summed E-state index contributed by atoms with van der Waals surface area (Å²) in [6.07, 6.45) is 3.12. The van der Waals surface area contributed by atoms with Gasteiger partial charge in [-0.05, 0) is 59.1 Å². The molecule has 0 aliphatic carbocycles. The fourth-order valence-corrected chi connectivity index (χ4v) is 3.34. The lowest BCUT2D eigenvalue weighted by Crippen LogP contribution is -2.38. The van der Waals surface area contributed by atoms with Crippen molar-refractivity contribution >= 4 is 44.9 Å². The van der Waals surface area contributed by atoms with Gasteiger partial charge in [0.05, 0.1) is 11.3 Å². The van der Waals surface area contributed by atoms with E-state index in [-0.39, 0.29) is 11.8 Å². The van der Waals surface area contributed by atoms with Gasteiger partial charge in [-0.1, -0.05) is 11.6 Å². The quantitative estimate of drug-likeness (QED) is 0.808. The molecule has 0 unspecified atom stereocenters. The molecule has 1 aromatic heterocycles. The highest BCUT2D eigenvalue weighted by atomic mass is 79.9. The van der Waals surface area contributed by atoms with Crippen LogP contribution in [0.2, 0.25) is 5.02 Å². The summed E-state index contributed by atoms with van der Waals surface area (Å²) in [6, 6.07) is 11.1. The standard InChI is InChI=1S/C18H16BrClN4O/c19-14-1-4-17(22-11-14)23-18(25)12-5-7-24(8-6-12)16-3-2-15(20)9-13(16)10-21/h1-4,9,11-12H,5-8H2,(H,22,23,25). The van der Waals surface area contributed by atoms with Gasteiger partial charge in [0.25, 0.3) is 0 Å². The summed E-state index contributed by atoms with van der Waals surface area (Å²) in [5.74, 6) is 0.491. The first-order valence-electron chi connectivity index (χ1n) is 7.94. The Kier molecular flexibility index (Phi) is 5.57. The Bertz CT molecular complexity index is 811. The Morgan fingerprint density at radius 2 is 2.08 bits per heavy atom. The van der Waals surface area contributed by atoms with Gasteiger partial charge in [-0.3, -0.25) is 4.79 Å². The molecule has 2 heterocycles. The van der Waals surface area contributed by atoms with E-state index in [1.54, 1.807) is 24.4 Å². The van der Waals surface area contributed by atoms with E-state index in [0.29, 0.717) is 16.4 Å². The third kappa shape index (κ3) is 4.30. The van der Waals surface area contributed by atoms with Crippen LogP contribution in [-0.2, 0) is 4.79 Å². The number of pyridine rings is 1. The first kappa shape index (κ1) is 17.7. The molecule has 1 fully saturated rings. The number of amides is 1. The van der Waals surface area contributed by atoms with Crippen LogP contribution in [0.15, 0.2) is 41.0 Å². The van der Waals surface area contributed by atoms with E-state index in [1.807, 2.05) is 12.1 Å². The fourth-order valence-electron chi connectivity index (χ4n) is 2.93. The van der Waals surface area contributed by atoms with Gasteiger partial charge in [-0.2, -0.15) is 5.26 Å². The molecule has 1 N–H and O–H groups in total. The summed E-state index contributed by atoms with van der Waals surface area (Å²) < 4.78 is 0.870. The number of nitriles is 1. The van der Waals surface area contributed by atoms with Gasteiger partial charge in [0, 0.05) is 34.7 Å². The average molecular weight is 420 g/mol. The van der Waals surface area contributed by atoms with Crippen molar-refractivity contribution in [2.75, 3.05) is 23.3 Å². The van der Waals surface area contributed by atoms with E-state index in [9.17, 15) is 10.1 Å². The Morgan fingerprint density at radius 1 is 1.32 bits per heavy atom. The molecule has 3 rings (SSSR count). The van der Waals surface area contributed by atoms with Crippen molar-refractivity contribution in [3.8, 4) is 6.07 Å². The number of piperidine rings is 1. The third-order valence-corrected chi connectivity index (χ3v) is 4.97. The summed E-state index contributed by atoms with van der Waals surface area (Å²) >= 11 is 9.28. The molecule has 0 spiro atoms. The Morgan fingerprint density at radius 3 is 2.72 bits per heavy atom. The lowest BCUT2D eigenvalue weighted by atomic mass is 9.95. The van der Waals surface area contributed by atoms with Gasteiger partial charge in [-0.15, -0.1) is 0 Å². The molecule has 1 amide bonds. The van der Waals surface area contributed by atoms with Crippen molar-refractivity contribution in [3.05, 3.63) is 51.6 Å². The summed E-state index contributed by atoms with van der Waals surface area (Å²) in [5.41, 5.74) is 1.44. The predicted molar refractivity (Wildman–Crippen MR) is 102 cm³/mol. The Hall–Kier alpha value is -2.10. The highest BCUT2D eigenvalue weighted by Gasteiger charge is 2.26. The number of halogens is 2. The van der Waals surface area contributed by atoms with Crippen LogP contribution >= 0.6 is 27.5 Å². The number of carbonyl (C=O) groups is 1. The number of nitrogens with one attached hydrogen (secondary N) is 1. The lowest BCUT2D eigenvalue weighted by Gasteiger charge is -2.33. The summed E-state index contributed by atoms with van der Waals surface area (Å²) in [5, 5.41) is 12.7. The van der Waals surface area contributed by atoms with Gasteiger partial charge < -0.3 is 10.2 Å². The first-order chi connectivity index (χ1) is 12.1. The summed E-state index contributed by atoms with van der Waals surface area (Å²) in [4.78, 5) is 18.7. The highest BCUT2D eigenvalue weighted by molar-refractivity contribution is 9.10. The predicted octanol–water partition coefficient (Wildman–Crippen LogP) is 4.22. The second-order valence-electron chi connectivity index (χ2n) is 5.89. The number of carbonyl (C=O) groups excluding carboxylic acids is 1. The van der Waals surface area contributed by atoms with Gasteiger partial charge in [-0.25, -0.2) is 4.98 Å². The molecule has 0 atom stereocenters. The molecule has 25 heavy (non-hydrogen) atoms. The number of hydrogen-bond acceptors (Lipinski definition) is 4. The van der Waals surface area contributed by atoms with Crippen molar-refractivity contribution in [1.29, 1.82) is 5.26 Å². The van der Waals surface area contributed by atoms with Crippen LogP contribution in [0.4, 0.5) is 11.5 Å². The molecule has 2 aromatic rings. The summed E-state index contributed by atoms with van der Waals surface area (Å²) in [6.45, 7) is 1.45. The van der Waals surface area contributed by atoms with Crippen molar-refractivity contribution in [3.63, 3.8) is 0 Å². The van der Waals surface area contributed by atoms with Crippen molar-refractivity contribution in [1.82, 2.24) is 4.98 Å². The zero-order valence-corrected chi connectivity index (χ0v) is 15.7. The van der Waals surface area contributed by atoms with E-state index in [4.69, 9.17) is 11.6 Å². The molecular formula is C18H16BrClN4O. The highest BCUT2D eigenvalue weighted by Crippen LogP contribution is 2.28. The maximum absolute atomic E-state index is 12.4. The van der Waals surface area contributed by atoms with Crippen LogP contribution in [0, 0.1) is 17.2 Å². The number of hydrogen-bond donors (Lipinski definition) is 1. The molecular weight excluding hydrogens is 404 g/mol. The molecule has 1 aromatic carbocycles. The summed E-state index contributed by atoms with van der Waals surface area (Å²) in [7, 11) is 0. The lowest BCUT2D eigenvalue weighted by molar-refractivity contribution is -0.120. The molecule has 1 aliphatic rings. The molecule has 7 heteroatoms. The van der Waals surface area contributed by atoms with Crippen LogP contribution in [0.5, 0.6) is 0 Å². The van der Waals surface area contributed by atoms with Crippen molar-refractivity contribution < 1.29 is 4.79 Å². The monoisotopic (exact) mass is 418 g/mol. The third-order valence-electron chi connectivity index (χ3n) is 4.26. The Labute approximate surface area is 159 Å². The van der Waals surface area contributed by atoms with E-state index in [0.717, 1.165) is 36.1 Å². The van der Waals surface area contributed by atoms with E-state index < -0.39 is 0 Å². The topological polar surface area (TPSA) is 69.0 Å². The van der Waals surface area contributed by atoms with E-state index in [1.165, 1.54) is 0 Å². The number of anilines is 2. The molecule has 5 nitrogen and oxygen atoms in total. The first-order valence-corrected chi connectivity index (χ1v) is 9.11. The molecule has 0 saturated carbocycles. The second-order valence-corrected chi connectivity index (χ2v) is 7.24. The number of nitrogens with zero attached hydrogens (tertiary/aromatic N) is 3. The minimum absolute atomic E-state index is 0.00825. The minimum atomic E-state index is -0.0560. The molecule has 0 radical (unpaired) electrons. The maximum atomic E-state index is 12.4. The Balaban J connectivity index is 1.61. The van der Waals surface area contributed by atoms with Gasteiger partial charge in [0.1, 0.15) is 11.9 Å². The van der Waals surface area contributed by atoms with Crippen LogP contribution in [-0.4, -0.2) is 24.0 Å². The molecule has 1 saturated heterocycles. The second kappa shape index (κ2) is 7.85. The molecule has 1 aliphatic heterocycles. The normalized spacial score (nSPS) is 14.8. The number of benzene rings is 1. The molecule has 0 bridgehead atoms. The maximum Gasteiger partial charge on any atom is 0.228 e. The smallest absolute Gasteiger partial charge is 0.228 e. The molecule has 128 valence electrons. The average Bonchev–Trinajstić information content (AvgIpc) is 2.63. The zero-order chi connectivity index (χ0) is 17.8.